The van der Waals surface area contributed by atoms with Gasteiger partial charge in [-0.1, -0.05) is 45.5 Å². The number of nitriles is 1. The highest BCUT2D eigenvalue weighted by Gasteiger charge is 2.52. The summed E-state index contributed by atoms with van der Waals surface area (Å²) in [6.07, 6.45) is 6.18. The van der Waals surface area contributed by atoms with E-state index >= 15 is 8.78 Å². The fraction of sp³-hybridized carbons (Fsp3) is 0.500. The Kier molecular flexibility index (Phi) is 7.52. The number of hydrogen-bond donors (Lipinski definition) is 1. The van der Waals surface area contributed by atoms with E-state index < -0.39 is 22.4 Å². The predicted octanol–water partition coefficient (Wildman–Crippen LogP) is 6.66. The van der Waals surface area contributed by atoms with Crippen LogP contribution in [0.25, 0.3) is 11.9 Å². The monoisotopic (exact) mass is 577 g/mol. The maximum Gasteiger partial charge on any atom is 0.236 e. The second kappa shape index (κ2) is 10.5. The van der Waals surface area contributed by atoms with E-state index in [0.29, 0.717) is 23.1 Å². The Bertz CT molecular complexity index is 1470. The average molecular weight is 578 g/mol. The molecule has 1 amide bonds. The molecule has 41 heavy (non-hydrogen) atoms. The maximum absolute atomic E-state index is 15.4. The Morgan fingerprint density at radius 2 is 1.98 bits per heavy atom. The highest BCUT2D eigenvalue weighted by Crippen LogP contribution is 2.53. The van der Waals surface area contributed by atoms with Gasteiger partial charge in [0.15, 0.2) is 5.17 Å². The Morgan fingerprint density at radius 3 is 2.66 bits per heavy atom. The number of likely N-dealkylation sites (tertiary alicyclic amines) is 1. The summed E-state index contributed by atoms with van der Waals surface area (Å²) in [5.74, 6) is -1.21. The zero-order valence-corrected chi connectivity index (χ0v) is 25.1. The summed E-state index contributed by atoms with van der Waals surface area (Å²) < 4.78 is 30.4. The number of carbonyl (C=O) groups is 1. The van der Waals surface area contributed by atoms with E-state index in [-0.39, 0.29) is 39.6 Å². The minimum absolute atomic E-state index is 0.0765. The molecule has 5 rings (SSSR count). The summed E-state index contributed by atoms with van der Waals surface area (Å²) in [5, 5.41) is 8.80. The van der Waals surface area contributed by atoms with E-state index in [4.69, 9.17) is 16.0 Å². The van der Waals surface area contributed by atoms with Crippen LogP contribution in [0.3, 0.4) is 0 Å². The normalized spacial score (nSPS) is 31.3. The van der Waals surface area contributed by atoms with Crippen LogP contribution in [0.15, 0.2) is 41.5 Å². The predicted molar refractivity (Wildman–Crippen MR) is 160 cm³/mol. The smallest absolute Gasteiger partial charge is 0.236 e. The molecule has 2 aromatic rings. The minimum Gasteiger partial charge on any atom is -0.378 e. The molecule has 4 unspecified atom stereocenters. The lowest BCUT2D eigenvalue weighted by molar-refractivity contribution is -0.132. The quantitative estimate of drug-likeness (QED) is 0.439. The molecular formula is C32H37F2N5OS. The van der Waals surface area contributed by atoms with Crippen LogP contribution in [0.1, 0.15) is 82.7 Å². The number of fused-ring (bicyclic) bond motifs is 2. The molecule has 6 nitrogen and oxygen atoms in total. The first-order valence-corrected chi connectivity index (χ1v) is 15.0. The number of nitrogens with zero attached hydrogens (tertiary/aromatic N) is 4. The summed E-state index contributed by atoms with van der Waals surface area (Å²) >= 11 is 1.27. The van der Waals surface area contributed by atoms with Gasteiger partial charge >= 0.3 is 0 Å². The van der Waals surface area contributed by atoms with Crippen molar-refractivity contribution in [1.29, 1.82) is 5.26 Å². The molecule has 2 fully saturated rings. The molecule has 1 saturated heterocycles. The van der Waals surface area contributed by atoms with E-state index in [1.54, 1.807) is 6.07 Å². The third-order valence-corrected chi connectivity index (χ3v) is 10.1. The lowest BCUT2D eigenvalue weighted by Crippen LogP contribution is -2.43. The molecule has 5 atom stereocenters. The number of aliphatic imine (C=N–C) groups is 1. The number of rotatable bonds is 4. The van der Waals surface area contributed by atoms with Crippen molar-refractivity contribution in [2.75, 3.05) is 6.54 Å². The van der Waals surface area contributed by atoms with Gasteiger partial charge in [0.05, 0.1) is 22.0 Å². The van der Waals surface area contributed by atoms with Crippen molar-refractivity contribution in [2.45, 2.75) is 77.1 Å². The van der Waals surface area contributed by atoms with E-state index in [1.165, 1.54) is 48.3 Å². The standard InChI is InChI=1S/C32H37F2N5OS/c1-19-10-27(28(40)39-18-31(4)14-22(39)13-30(2,3)17-31)41-29(36)38-32(19,5)23-11-20(6-8-24(23)33)12-25(34)26-9-7-21(15-35)16-37-26/h6-9,11-12,16,19,22,27H,10,13-14,17-18H2,1-5H3,(H2,36,38)/b25-12-/t19?,22?,27?,31?,32-/m0/s1. The zero-order chi connectivity index (χ0) is 29.7. The van der Waals surface area contributed by atoms with Crippen LogP contribution in [-0.4, -0.2) is 38.8 Å². The Labute approximate surface area is 245 Å². The largest absolute Gasteiger partial charge is 0.378 e. The molecule has 1 aliphatic carbocycles. The van der Waals surface area contributed by atoms with Gasteiger partial charge in [-0.3, -0.25) is 14.8 Å². The van der Waals surface area contributed by atoms with E-state index in [0.717, 1.165) is 25.8 Å². The summed E-state index contributed by atoms with van der Waals surface area (Å²) in [4.78, 5) is 24.8. The van der Waals surface area contributed by atoms with Gasteiger partial charge in [-0.25, -0.2) is 8.78 Å². The lowest BCUT2D eigenvalue weighted by Gasteiger charge is -2.39. The molecule has 9 heteroatoms. The Balaban J connectivity index is 1.40. The first kappa shape index (κ1) is 29.2. The van der Waals surface area contributed by atoms with Crippen molar-refractivity contribution < 1.29 is 13.6 Å². The van der Waals surface area contributed by atoms with Gasteiger partial charge < -0.3 is 10.6 Å². The zero-order valence-electron chi connectivity index (χ0n) is 24.2. The highest BCUT2D eigenvalue weighted by molar-refractivity contribution is 8.14. The third kappa shape index (κ3) is 5.76. The number of amidine groups is 1. The van der Waals surface area contributed by atoms with Gasteiger partial charge in [0.1, 0.15) is 17.7 Å². The van der Waals surface area contributed by atoms with E-state index in [1.807, 2.05) is 19.9 Å². The van der Waals surface area contributed by atoms with Gasteiger partial charge in [-0.2, -0.15) is 5.26 Å². The van der Waals surface area contributed by atoms with Gasteiger partial charge in [-0.15, -0.1) is 0 Å². The summed E-state index contributed by atoms with van der Waals surface area (Å²) in [6.45, 7) is 11.4. The number of amides is 1. The number of hydrogen-bond acceptors (Lipinski definition) is 6. The molecular weight excluding hydrogens is 540 g/mol. The SMILES string of the molecule is CC1CC(C(=O)N2CC3(C)CC2CC(C)(C)C3)SC(N)=N[C@]1(C)c1cc(/C=C(\F)c2ccc(C#N)cn2)ccc1F. The molecule has 2 bridgehead atoms. The number of thioether (sulfide) groups is 1. The molecule has 3 aliphatic rings. The number of carbonyl (C=O) groups excluding carboxylic acids is 1. The molecule has 1 aromatic carbocycles. The molecule has 2 N–H and O–H groups in total. The van der Waals surface area contributed by atoms with Crippen LogP contribution in [0.5, 0.6) is 0 Å². The first-order chi connectivity index (χ1) is 19.2. The summed E-state index contributed by atoms with van der Waals surface area (Å²) in [5.41, 5.74) is 6.80. The second-order valence-electron chi connectivity index (χ2n) is 13.3. The lowest BCUT2D eigenvalue weighted by atomic mass is 9.65. The fourth-order valence-electron chi connectivity index (χ4n) is 7.33. The van der Waals surface area contributed by atoms with Gasteiger partial charge in [0.25, 0.3) is 0 Å². The first-order valence-electron chi connectivity index (χ1n) is 14.1. The van der Waals surface area contributed by atoms with Crippen LogP contribution in [0, 0.1) is 33.9 Å². The van der Waals surface area contributed by atoms with E-state index in [9.17, 15) is 4.79 Å². The van der Waals surface area contributed by atoms with Crippen LogP contribution in [-0.2, 0) is 10.3 Å². The molecule has 1 saturated carbocycles. The number of nitrogens with two attached hydrogens (primary N) is 1. The van der Waals surface area contributed by atoms with Crippen LogP contribution < -0.4 is 5.73 Å². The van der Waals surface area contributed by atoms with Crippen LogP contribution >= 0.6 is 11.8 Å². The van der Waals surface area contributed by atoms with Crippen molar-refractivity contribution in [1.82, 2.24) is 9.88 Å². The Hall–Kier alpha value is -3.25. The van der Waals surface area contributed by atoms with Crippen molar-refractivity contribution in [3.05, 3.63) is 64.7 Å². The maximum atomic E-state index is 15.4. The molecule has 3 heterocycles. The molecule has 0 radical (unpaired) electrons. The molecule has 0 spiro atoms. The second-order valence-corrected chi connectivity index (χ2v) is 14.5. The number of aromatic nitrogens is 1. The van der Waals surface area contributed by atoms with Crippen molar-refractivity contribution in [2.24, 2.45) is 27.5 Å². The fourth-order valence-corrected chi connectivity index (χ4v) is 8.49. The summed E-state index contributed by atoms with van der Waals surface area (Å²) in [7, 11) is 0. The number of benzene rings is 1. The van der Waals surface area contributed by atoms with Crippen LogP contribution in [0.4, 0.5) is 8.78 Å². The topological polar surface area (TPSA) is 95.4 Å². The van der Waals surface area contributed by atoms with E-state index in [2.05, 4.69) is 30.7 Å². The summed E-state index contributed by atoms with van der Waals surface area (Å²) in [6, 6.07) is 9.48. The highest BCUT2D eigenvalue weighted by atomic mass is 32.2. The molecule has 1 aromatic heterocycles. The molecule has 2 aliphatic heterocycles. The van der Waals surface area contributed by atoms with Gasteiger partial charge in [0, 0.05) is 24.3 Å². The van der Waals surface area contributed by atoms with Crippen LogP contribution in [0.2, 0.25) is 0 Å². The average Bonchev–Trinajstić information content (AvgIpc) is 3.09. The van der Waals surface area contributed by atoms with Crippen molar-refractivity contribution in [3.63, 3.8) is 0 Å². The van der Waals surface area contributed by atoms with Crippen molar-refractivity contribution in [3.8, 4) is 6.07 Å². The third-order valence-electron chi connectivity index (χ3n) is 9.07. The van der Waals surface area contributed by atoms with Gasteiger partial charge in [0.2, 0.25) is 5.91 Å². The number of pyridine rings is 1. The Morgan fingerprint density at radius 1 is 1.22 bits per heavy atom. The van der Waals surface area contributed by atoms with Crippen molar-refractivity contribution >= 4 is 34.7 Å². The molecule has 216 valence electrons. The number of halogens is 2. The minimum atomic E-state index is -1.06. The van der Waals surface area contributed by atoms with Gasteiger partial charge in [-0.05, 0) is 85.3 Å².